The van der Waals surface area contributed by atoms with Crippen LogP contribution in [0, 0.1) is 6.92 Å². The van der Waals surface area contributed by atoms with E-state index in [0.29, 0.717) is 6.54 Å². The quantitative estimate of drug-likeness (QED) is 0.704. The van der Waals surface area contributed by atoms with Gasteiger partial charge in [-0.1, -0.05) is 18.2 Å². The van der Waals surface area contributed by atoms with Crippen LogP contribution >= 0.6 is 0 Å². The molecule has 19 heavy (non-hydrogen) atoms. The van der Waals surface area contributed by atoms with Crippen LogP contribution in [0.25, 0.3) is 10.9 Å². The molecule has 0 saturated carbocycles. The van der Waals surface area contributed by atoms with Crippen molar-refractivity contribution in [2.75, 3.05) is 0 Å². The molecule has 96 valence electrons. The Hall–Kier alpha value is -2.29. The average molecular weight is 252 g/mol. The van der Waals surface area contributed by atoms with Crippen LogP contribution in [0.4, 0.5) is 0 Å². The summed E-state index contributed by atoms with van der Waals surface area (Å²) in [6.07, 6.45) is 3.91. The summed E-state index contributed by atoms with van der Waals surface area (Å²) in [5, 5.41) is 1.24. The molecule has 0 bridgehead atoms. The highest BCUT2D eigenvalue weighted by Gasteiger charge is 2.01. The first-order valence-electron chi connectivity index (χ1n) is 6.45. The third-order valence-electron chi connectivity index (χ3n) is 3.41. The lowest BCUT2D eigenvalue weighted by molar-refractivity contribution is 0.577. The fraction of sp³-hybridized carbons (Fsp3) is 0.188. The number of pyridine rings is 1. The zero-order chi connectivity index (χ0) is 13.2. The molecule has 0 unspecified atom stereocenters. The van der Waals surface area contributed by atoms with Crippen LogP contribution in [0.2, 0.25) is 0 Å². The summed E-state index contributed by atoms with van der Waals surface area (Å²) < 4.78 is 3.93. The zero-order valence-electron chi connectivity index (χ0n) is 10.9. The van der Waals surface area contributed by atoms with Gasteiger partial charge < -0.3 is 9.13 Å². The molecule has 0 radical (unpaired) electrons. The average Bonchev–Trinajstić information content (AvgIpc) is 2.80. The maximum absolute atomic E-state index is 11.7. The molecule has 0 fully saturated rings. The smallest absolute Gasteiger partial charge is 0.250 e. The monoisotopic (exact) mass is 252 g/mol. The number of benzene rings is 1. The van der Waals surface area contributed by atoms with Crippen LogP contribution in [-0.4, -0.2) is 9.13 Å². The fourth-order valence-electron chi connectivity index (χ4n) is 2.35. The van der Waals surface area contributed by atoms with E-state index < -0.39 is 0 Å². The van der Waals surface area contributed by atoms with E-state index in [2.05, 4.69) is 42.0 Å². The van der Waals surface area contributed by atoms with Crippen LogP contribution in [0.3, 0.4) is 0 Å². The molecule has 3 rings (SSSR count). The van der Waals surface area contributed by atoms with E-state index >= 15 is 0 Å². The zero-order valence-corrected chi connectivity index (χ0v) is 10.9. The molecule has 0 amide bonds. The third-order valence-corrected chi connectivity index (χ3v) is 3.41. The Morgan fingerprint density at radius 3 is 2.63 bits per heavy atom. The molecular formula is C16H16N2O. The van der Waals surface area contributed by atoms with Crippen molar-refractivity contribution in [2.45, 2.75) is 20.0 Å². The van der Waals surface area contributed by atoms with Gasteiger partial charge in [0.05, 0.1) is 0 Å². The van der Waals surface area contributed by atoms with E-state index in [0.717, 1.165) is 6.54 Å². The molecule has 0 spiro atoms. The molecule has 0 atom stereocenters. The fourth-order valence-corrected chi connectivity index (χ4v) is 2.35. The topological polar surface area (TPSA) is 26.9 Å². The van der Waals surface area contributed by atoms with Gasteiger partial charge in [-0.2, -0.15) is 0 Å². The van der Waals surface area contributed by atoms with Gasteiger partial charge >= 0.3 is 0 Å². The second-order valence-electron chi connectivity index (χ2n) is 4.80. The lowest BCUT2D eigenvalue weighted by Gasteiger charge is -2.08. The molecule has 2 heterocycles. The molecule has 0 N–H and O–H groups in total. The summed E-state index contributed by atoms with van der Waals surface area (Å²) >= 11 is 0. The summed E-state index contributed by atoms with van der Waals surface area (Å²) in [5.41, 5.74) is 2.53. The van der Waals surface area contributed by atoms with Crippen LogP contribution in [-0.2, 0) is 13.1 Å². The molecule has 0 saturated heterocycles. The number of aryl methyl sites for hydroxylation is 3. The van der Waals surface area contributed by atoms with E-state index in [1.165, 1.54) is 16.5 Å². The largest absolute Gasteiger partial charge is 0.346 e. The van der Waals surface area contributed by atoms with Gasteiger partial charge in [0.15, 0.2) is 0 Å². The molecule has 3 nitrogen and oxygen atoms in total. The third kappa shape index (κ3) is 2.32. The van der Waals surface area contributed by atoms with E-state index in [1.54, 1.807) is 16.7 Å². The van der Waals surface area contributed by atoms with Gasteiger partial charge in [0.2, 0.25) is 0 Å². The summed E-state index contributed by atoms with van der Waals surface area (Å²) in [7, 11) is 0. The van der Waals surface area contributed by atoms with Crippen molar-refractivity contribution >= 4 is 10.9 Å². The van der Waals surface area contributed by atoms with Gasteiger partial charge in [0.1, 0.15) is 0 Å². The molecular weight excluding hydrogens is 236 g/mol. The molecule has 0 aliphatic heterocycles. The second-order valence-corrected chi connectivity index (χ2v) is 4.80. The Balaban J connectivity index is 1.88. The standard InChI is InChI=1S/C16H16N2O/c1-13-5-6-14-7-9-17(15(14)12-13)10-11-18-8-3-2-4-16(18)19/h2-9,12H,10-11H2,1H3. The molecule has 1 aromatic carbocycles. The predicted octanol–water partition coefficient (Wildman–Crippen LogP) is 2.81. The number of aromatic nitrogens is 2. The van der Waals surface area contributed by atoms with Crippen molar-refractivity contribution in [3.63, 3.8) is 0 Å². The van der Waals surface area contributed by atoms with Gasteiger partial charge in [0, 0.05) is 37.1 Å². The first kappa shape index (κ1) is 11.8. The number of rotatable bonds is 3. The second kappa shape index (κ2) is 4.76. The number of nitrogens with zero attached hydrogens (tertiary/aromatic N) is 2. The molecule has 0 aliphatic carbocycles. The maximum Gasteiger partial charge on any atom is 0.250 e. The first-order valence-corrected chi connectivity index (χ1v) is 6.45. The number of hydrogen-bond donors (Lipinski definition) is 0. The Labute approximate surface area is 111 Å². The molecule has 0 aliphatic rings. The van der Waals surface area contributed by atoms with Crippen LogP contribution < -0.4 is 5.56 Å². The van der Waals surface area contributed by atoms with E-state index in [9.17, 15) is 4.79 Å². The van der Waals surface area contributed by atoms with Gasteiger partial charge in [-0.3, -0.25) is 4.79 Å². The van der Waals surface area contributed by atoms with E-state index in [1.807, 2.05) is 12.3 Å². The van der Waals surface area contributed by atoms with Crippen LogP contribution in [0.1, 0.15) is 5.56 Å². The van der Waals surface area contributed by atoms with Gasteiger partial charge in [-0.25, -0.2) is 0 Å². The predicted molar refractivity (Wildman–Crippen MR) is 77.4 cm³/mol. The number of fused-ring (bicyclic) bond motifs is 1. The number of hydrogen-bond acceptors (Lipinski definition) is 1. The summed E-state index contributed by atoms with van der Waals surface area (Å²) in [5.74, 6) is 0. The minimum atomic E-state index is 0.0511. The van der Waals surface area contributed by atoms with Crippen molar-refractivity contribution in [1.29, 1.82) is 0 Å². The lowest BCUT2D eigenvalue weighted by Crippen LogP contribution is -2.20. The molecule has 2 aromatic heterocycles. The van der Waals surface area contributed by atoms with Crippen molar-refractivity contribution in [2.24, 2.45) is 0 Å². The van der Waals surface area contributed by atoms with Crippen molar-refractivity contribution in [3.8, 4) is 0 Å². The minimum Gasteiger partial charge on any atom is -0.346 e. The van der Waals surface area contributed by atoms with Crippen LogP contribution in [0.5, 0.6) is 0 Å². The highest BCUT2D eigenvalue weighted by Crippen LogP contribution is 2.17. The minimum absolute atomic E-state index is 0.0511. The normalized spacial score (nSPS) is 11.0. The molecule has 3 heteroatoms. The molecule has 3 aromatic rings. The first-order chi connectivity index (χ1) is 9.24. The Kier molecular flexibility index (Phi) is 2.95. The lowest BCUT2D eigenvalue weighted by atomic mass is 10.2. The van der Waals surface area contributed by atoms with Crippen molar-refractivity contribution in [1.82, 2.24) is 9.13 Å². The highest BCUT2D eigenvalue weighted by molar-refractivity contribution is 5.80. The van der Waals surface area contributed by atoms with Gasteiger partial charge in [-0.05, 0) is 36.1 Å². The SMILES string of the molecule is Cc1ccc2ccn(CCn3ccccc3=O)c2c1. The van der Waals surface area contributed by atoms with Crippen molar-refractivity contribution < 1.29 is 0 Å². The Morgan fingerprint density at radius 1 is 0.947 bits per heavy atom. The van der Waals surface area contributed by atoms with E-state index in [-0.39, 0.29) is 5.56 Å². The summed E-state index contributed by atoms with van der Waals surface area (Å²) in [6, 6.07) is 13.8. The maximum atomic E-state index is 11.7. The summed E-state index contributed by atoms with van der Waals surface area (Å²) in [6.45, 7) is 3.59. The highest BCUT2D eigenvalue weighted by atomic mass is 16.1. The summed E-state index contributed by atoms with van der Waals surface area (Å²) in [4.78, 5) is 11.7. The van der Waals surface area contributed by atoms with Gasteiger partial charge in [0.25, 0.3) is 5.56 Å². The van der Waals surface area contributed by atoms with E-state index in [4.69, 9.17) is 0 Å². The Bertz CT molecular complexity index is 768. The Morgan fingerprint density at radius 2 is 1.79 bits per heavy atom. The van der Waals surface area contributed by atoms with Crippen molar-refractivity contribution in [3.05, 3.63) is 70.8 Å². The van der Waals surface area contributed by atoms with Crippen LogP contribution in [0.15, 0.2) is 59.7 Å². The van der Waals surface area contributed by atoms with Gasteiger partial charge in [-0.15, -0.1) is 0 Å².